The molecule has 2 aromatic heterocycles. The fraction of sp³-hybridized carbons (Fsp3) is 0.417. The van der Waals surface area contributed by atoms with Crippen molar-refractivity contribution in [2.75, 3.05) is 0 Å². The van der Waals surface area contributed by atoms with Crippen LogP contribution in [-0.2, 0) is 13.1 Å². The number of nitrogens with one attached hydrogen (secondary N) is 1. The summed E-state index contributed by atoms with van der Waals surface area (Å²) in [5.74, 6) is 0. The molecule has 0 bridgehead atoms. The molecule has 0 saturated heterocycles. The van der Waals surface area contributed by atoms with E-state index in [9.17, 15) is 0 Å². The van der Waals surface area contributed by atoms with Crippen LogP contribution in [0.1, 0.15) is 23.3 Å². The van der Waals surface area contributed by atoms with E-state index in [1.807, 2.05) is 10.9 Å². The summed E-state index contributed by atoms with van der Waals surface area (Å²) in [5.41, 5.74) is 1.27. The lowest BCUT2D eigenvalue weighted by Gasteiger charge is -2.00. The normalized spacial score (nSPS) is 15.4. The molecule has 90 valence electrons. The summed E-state index contributed by atoms with van der Waals surface area (Å²) >= 11 is 5.30. The second-order valence-electron chi connectivity index (χ2n) is 4.39. The Kier molecular flexibility index (Phi) is 3.31. The predicted octanol–water partition coefficient (Wildman–Crippen LogP) is 3.01. The van der Waals surface area contributed by atoms with E-state index in [0.717, 1.165) is 19.1 Å². The van der Waals surface area contributed by atoms with Gasteiger partial charge in [0, 0.05) is 33.7 Å². The highest BCUT2D eigenvalue weighted by Crippen LogP contribution is 2.23. The molecule has 3 nitrogen and oxygen atoms in total. The maximum atomic E-state index is 4.39. The van der Waals surface area contributed by atoms with Gasteiger partial charge >= 0.3 is 0 Å². The zero-order valence-corrected chi connectivity index (χ0v) is 11.8. The fourth-order valence-electron chi connectivity index (χ4n) is 1.72. The van der Waals surface area contributed by atoms with Gasteiger partial charge in [-0.25, -0.2) is 0 Å². The lowest BCUT2D eigenvalue weighted by molar-refractivity contribution is 0.678. The molecule has 1 aliphatic rings. The minimum atomic E-state index is 0.754. The van der Waals surface area contributed by atoms with Crippen LogP contribution in [0.4, 0.5) is 0 Å². The predicted molar refractivity (Wildman–Crippen MR) is 73.2 cm³/mol. The third kappa shape index (κ3) is 2.97. The van der Waals surface area contributed by atoms with Crippen molar-refractivity contribution in [1.29, 1.82) is 0 Å². The van der Waals surface area contributed by atoms with Crippen LogP contribution in [0.25, 0.3) is 0 Å². The molecular weight excluding hydrogens is 298 g/mol. The molecule has 1 aliphatic carbocycles. The topological polar surface area (TPSA) is 29.9 Å². The van der Waals surface area contributed by atoms with E-state index >= 15 is 0 Å². The average Bonchev–Trinajstić information content (AvgIpc) is 2.92. The van der Waals surface area contributed by atoms with Crippen molar-refractivity contribution in [3.05, 3.63) is 38.8 Å². The standard InChI is InChI=1S/C12H14BrN3S/c13-11-3-4-17-12(11)8-16-7-9(6-15-16)5-14-10-1-2-10/h3-4,6-7,10,14H,1-2,5,8H2. The highest BCUT2D eigenvalue weighted by atomic mass is 79.9. The molecular formula is C12H14BrN3S. The van der Waals surface area contributed by atoms with Crippen LogP contribution < -0.4 is 5.32 Å². The second kappa shape index (κ2) is 4.92. The van der Waals surface area contributed by atoms with Gasteiger partial charge in [0.1, 0.15) is 0 Å². The number of aromatic nitrogens is 2. The smallest absolute Gasteiger partial charge is 0.0763 e. The Morgan fingerprint density at radius 2 is 2.41 bits per heavy atom. The van der Waals surface area contributed by atoms with Crippen LogP contribution in [0, 0.1) is 0 Å². The maximum absolute atomic E-state index is 4.39. The molecule has 2 heterocycles. The van der Waals surface area contributed by atoms with Gasteiger partial charge in [-0.05, 0) is 40.2 Å². The van der Waals surface area contributed by atoms with E-state index in [2.05, 4.69) is 44.0 Å². The Balaban J connectivity index is 1.61. The van der Waals surface area contributed by atoms with Crippen molar-refractivity contribution in [3.63, 3.8) is 0 Å². The third-order valence-corrected chi connectivity index (χ3v) is 4.77. The Bertz CT molecular complexity index is 501. The molecule has 0 amide bonds. The molecule has 1 saturated carbocycles. The Hall–Kier alpha value is -0.650. The average molecular weight is 312 g/mol. The molecule has 2 aromatic rings. The van der Waals surface area contributed by atoms with Gasteiger partial charge in [0.2, 0.25) is 0 Å². The van der Waals surface area contributed by atoms with E-state index in [4.69, 9.17) is 0 Å². The lowest BCUT2D eigenvalue weighted by Crippen LogP contribution is -2.14. The third-order valence-electron chi connectivity index (χ3n) is 2.86. The minimum Gasteiger partial charge on any atom is -0.310 e. The van der Waals surface area contributed by atoms with Gasteiger partial charge in [0.25, 0.3) is 0 Å². The molecule has 17 heavy (non-hydrogen) atoms. The molecule has 0 atom stereocenters. The second-order valence-corrected chi connectivity index (χ2v) is 6.25. The Labute approximate surface area is 113 Å². The van der Waals surface area contributed by atoms with Crippen LogP contribution in [0.15, 0.2) is 28.3 Å². The van der Waals surface area contributed by atoms with Crippen molar-refractivity contribution in [2.45, 2.75) is 32.0 Å². The van der Waals surface area contributed by atoms with Crippen LogP contribution >= 0.6 is 27.3 Å². The maximum Gasteiger partial charge on any atom is 0.0763 e. The van der Waals surface area contributed by atoms with Crippen molar-refractivity contribution < 1.29 is 0 Å². The minimum absolute atomic E-state index is 0.754. The zero-order valence-electron chi connectivity index (χ0n) is 9.40. The summed E-state index contributed by atoms with van der Waals surface area (Å²) in [5, 5.41) is 9.99. The Morgan fingerprint density at radius 3 is 3.12 bits per heavy atom. The number of hydrogen-bond acceptors (Lipinski definition) is 3. The molecule has 1 N–H and O–H groups in total. The van der Waals surface area contributed by atoms with Gasteiger partial charge in [-0.2, -0.15) is 5.10 Å². The van der Waals surface area contributed by atoms with Crippen LogP contribution in [0.2, 0.25) is 0 Å². The SMILES string of the molecule is Brc1ccsc1Cn1cc(CNC2CC2)cn1. The first kappa shape index (κ1) is 11.4. The van der Waals surface area contributed by atoms with Crippen molar-refractivity contribution in [3.8, 4) is 0 Å². The zero-order chi connectivity index (χ0) is 11.7. The molecule has 0 unspecified atom stereocenters. The molecule has 1 fully saturated rings. The van der Waals surface area contributed by atoms with Gasteiger partial charge in [-0.3, -0.25) is 4.68 Å². The number of halogens is 1. The largest absolute Gasteiger partial charge is 0.310 e. The van der Waals surface area contributed by atoms with Crippen LogP contribution in [0.3, 0.4) is 0 Å². The molecule has 5 heteroatoms. The van der Waals surface area contributed by atoms with Gasteiger partial charge in [-0.15, -0.1) is 11.3 Å². The van der Waals surface area contributed by atoms with E-state index in [-0.39, 0.29) is 0 Å². The van der Waals surface area contributed by atoms with Gasteiger partial charge in [-0.1, -0.05) is 0 Å². The van der Waals surface area contributed by atoms with E-state index in [1.54, 1.807) is 11.3 Å². The Morgan fingerprint density at radius 1 is 1.53 bits per heavy atom. The molecule has 0 radical (unpaired) electrons. The highest BCUT2D eigenvalue weighted by Gasteiger charge is 2.20. The quantitative estimate of drug-likeness (QED) is 0.920. The summed E-state index contributed by atoms with van der Waals surface area (Å²) in [6.45, 7) is 1.79. The van der Waals surface area contributed by atoms with E-state index in [0.29, 0.717) is 0 Å². The summed E-state index contributed by atoms with van der Waals surface area (Å²) < 4.78 is 3.18. The lowest BCUT2D eigenvalue weighted by atomic mass is 10.3. The van der Waals surface area contributed by atoms with Gasteiger partial charge < -0.3 is 5.32 Å². The first-order chi connectivity index (χ1) is 8.31. The fourth-order valence-corrected chi connectivity index (χ4v) is 3.19. The van der Waals surface area contributed by atoms with Crippen molar-refractivity contribution in [2.24, 2.45) is 0 Å². The first-order valence-electron chi connectivity index (χ1n) is 5.78. The number of nitrogens with zero attached hydrogens (tertiary/aromatic N) is 2. The molecule has 3 rings (SSSR count). The summed E-state index contributed by atoms with van der Waals surface area (Å²) in [7, 11) is 0. The van der Waals surface area contributed by atoms with Crippen LogP contribution in [0.5, 0.6) is 0 Å². The number of thiophene rings is 1. The first-order valence-corrected chi connectivity index (χ1v) is 7.45. The molecule has 0 aromatic carbocycles. The van der Waals surface area contributed by atoms with Crippen molar-refractivity contribution in [1.82, 2.24) is 15.1 Å². The van der Waals surface area contributed by atoms with Crippen LogP contribution in [-0.4, -0.2) is 15.8 Å². The highest BCUT2D eigenvalue weighted by molar-refractivity contribution is 9.10. The van der Waals surface area contributed by atoms with Gasteiger partial charge in [0.15, 0.2) is 0 Å². The number of hydrogen-bond donors (Lipinski definition) is 1. The summed E-state index contributed by atoms with van der Waals surface area (Å²) in [6.07, 6.45) is 6.74. The number of rotatable bonds is 5. The van der Waals surface area contributed by atoms with Crippen molar-refractivity contribution >= 4 is 27.3 Å². The van der Waals surface area contributed by atoms with Gasteiger partial charge in [0.05, 0.1) is 12.7 Å². The summed E-state index contributed by atoms with van der Waals surface area (Å²) in [4.78, 5) is 1.31. The molecule has 0 spiro atoms. The monoisotopic (exact) mass is 311 g/mol. The van der Waals surface area contributed by atoms with E-state index < -0.39 is 0 Å². The molecule has 0 aliphatic heterocycles. The van der Waals surface area contributed by atoms with E-state index in [1.165, 1.54) is 27.8 Å². The summed E-state index contributed by atoms with van der Waals surface area (Å²) in [6, 6.07) is 2.84.